The summed E-state index contributed by atoms with van der Waals surface area (Å²) in [6, 6.07) is 9.41. The van der Waals surface area contributed by atoms with Crippen molar-refractivity contribution in [3.63, 3.8) is 0 Å². The molecule has 6 nitrogen and oxygen atoms in total. The Kier molecular flexibility index (Phi) is 4.82. The van der Waals surface area contributed by atoms with Crippen molar-refractivity contribution in [3.8, 4) is 0 Å². The van der Waals surface area contributed by atoms with Crippen LogP contribution in [0.2, 0.25) is 0 Å². The highest BCUT2D eigenvalue weighted by molar-refractivity contribution is 7.17. The van der Waals surface area contributed by atoms with Crippen LogP contribution in [-0.4, -0.2) is 28.5 Å². The lowest BCUT2D eigenvalue weighted by atomic mass is 10.1. The third-order valence-corrected chi connectivity index (χ3v) is 6.43. The Bertz CT molecular complexity index is 1300. The van der Waals surface area contributed by atoms with Crippen LogP contribution in [0.1, 0.15) is 21.5 Å². The standard InChI is InChI=1S/C20H17N3O3S2/c1-11-6-12(2)18-15(7-11)23(9-17(24)26-3)20(28-18)22-19(25)13-4-5-14-16(8-13)27-10-21-14/h4-8,10H,9H2,1-3H3. The second-order valence-electron chi connectivity index (χ2n) is 6.43. The van der Waals surface area contributed by atoms with Crippen molar-refractivity contribution in [2.45, 2.75) is 20.4 Å². The van der Waals surface area contributed by atoms with Crippen molar-refractivity contribution in [1.82, 2.24) is 9.55 Å². The van der Waals surface area contributed by atoms with Gasteiger partial charge in [-0.25, -0.2) is 4.98 Å². The van der Waals surface area contributed by atoms with Crippen molar-refractivity contribution >= 4 is 55.0 Å². The summed E-state index contributed by atoms with van der Waals surface area (Å²) in [5, 5.41) is 0. The molecule has 28 heavy (non-hydrogen) atoms. The van der Waals surface area contributed by atoms with Gasteiger partial charge >= 0.3 is 5.97 Å². The molecule has 0 radical (unpaired) electrons. The number of amides is 1. The molecule has 4 aromatic rings. The zero-order chi connectivity index (χ0) is 19.8. The molecule has 0 aliphatic heterocycles. The van der Waals surface area contributed by atoms with Gasteiger partial charge in [-0.05, 0) is 49.2 Å². The van der Waals surface area contributed by atoms with Gasteiger partial charge in [-0.15, -0.1) is 11.3 Å². The van der Waals surface area contributed by atoms with Crippen LogP contribution < -0.4 is 4.80 Å². The molecular weight excluding hydrogens is 394 g/mol. The molecule has 0 atom stereocenters. The van der Waals surface area contributed by atoms with E-state index in [9.17, 15) is 9.59 Å². The molecule has 0 saturated heterocycles. The zero-order valence-corrected chi connectivity index (χ0v) is 17.2. The van der Waals surface area contributed by atoms with Gasteiger partial charge in [-0.3, -0.25) is 9.59 Å². The molecule has 0 aliphatic carbocycles. The van der Waals surface area contributed by atoms with Crippen molar-refractivity contribution in [3.05, 3.63) is 57.3 Å². The molecule has 142 valence electrons. The Labute approximate surface area is 168 Å². The highest BCUT2D eigenvalue weighted by Crippen LogP contribution is 2.24. The molecule has 0 spiro atoms. The third kappa shape index (κ3) is 3.36. The van der Waals surface area contributed by atoms with E-state index in [1.165, 1.54) is 29.8 Å². The van der Waals surface area contributed by atoms with Gasteiger partial charge in [0, 0.05) is 5.56 Å². The molecule has 2 aromatic heterocycles. The lowest BCUT2D eigenvalue weighted by Gasteiger charge is -2.05. The molecule has 0 N–H and O–H groups in total. The molecule has 4 rings (SSSR count). The number of methoxy groups -OCH3 is 1. The minimum atomic E-state index is -0.390. The van der Waals surface area contributed by atoms with Gasteiger partial charge in [0.05, 0.1) is 33.1 Å². The number of esters is 1. The summed E-state index contributed by atoms with van der Waals surface area (Å²) in [4.78, 5) is 33.8. The van der Waals surface area contributed by atoms with E-state index >= 15 is 0 Å². The molecule has 1 amide bonds. The van der Waals surface area contributed by atoms with Crippen molar-refractivity contribution in [2.75, 3.05) is 7.11 Å². The number of ether oxygens (including phenoxy) is 1. The number of rotatable bonds is 3. The summed E-state index contributed by atoms with van der Waals surface area (Å²) in [6.45, 7) is 4.01. The number of benzene rings is 2. The van der Waals surface area contributed by atoms with Crippen LogP contribution in [0.5, 0.6) is 0 Å². The molecule has 8 heteroatoms. The van der Waals surface area contributed by atoms with E-state index in [4.69, 9.17) is 4.74 Å². The van der Waals surface area contributed by atoms with E-state index in [1.807, 2.05) is 26.0 Å². The fourth-order valence-corrected chi connectivity index (χ4v) is 4.88. The predicted octanol–water partition coefficient (Wildman–Crippen LogP) is 3.84. The highest BCUT2D eigenvalue weighted by Gasteiger charge is 2.14. The van der Waals surface area contributed by atoms with E-state index in [0.29, 0.717) is 10.4 Å². The van der Waals surface area contributed by atoms with Crippen LogP contribution in [0.4, 0.5) is 0 Å². The number of fused-ring (bicyclic) bond motifs is 2. The second kappa shape index (κ2) is 7.29. The molecule has 0 bridgehead atoms. The minimum absolute atomic E-state index is 0.000609. The topological polar surface area (TPSA) is 73.6 Å². The van der Waals surface area contributed by atoms with Gasteiger partial charge in [-0.2, -0.15) is 4.99 Å². The van der Waals surface area contributed by atoms with Gasteiger partial charge in [0.2, 0.25) is 0 Å². The number of aryl methyl sites for hydroxylation is 2. The molecule has 0 fully saturated rings. The summed E-state index contributed by atoms with van der Waals surface area (Å²) < 4.78 is 8.51. The zero-order valence-electron chi connectivity index (χ0n) is 15.6. The van der Waals surface area contributed by atoms with Gasteiger partial charge in [0.1, 0.15) is 6.54 Å². The maximum absolute atomic E-state index is 12.8. The number of nitrogens with zero attached hydrogens (tertiary/aromatic N) is 3. The molecular formula is C20H17N3O3S2. The van der Waals surface area contributed by atoms with E-state index < -0.39 is 0 Å². The van der Waals surface area contributed by atoms with Crippen LogP contribution in [0.15, 0.2) is 40.8 Å². The first-order valence-corrected chi connectivity index (χ1v) is 10.3. The maximum Gasteiger partial charge on any atom is 0.325 e. The van der Waals surface area contributed by atoms with Crippen LogP contribution in [0, 0.1) is 13.8 Å². The summed E-state index contributed by atoms with van der Waals surface area (Å²) in [6.07, 6.45) is 0. The molecule has 0 saturated carbocycles. The summed E-state index contributed by atoms with van der Waals surface area (Å²) in [5.74, 6) is -0.742. The van der Waals surface area contributed by atoms with Gasteiger partial charge in [0.25, 0.3) is 5.91 Å². The van der Waals surface area contributed by atoms with Crippen molar-refractivity contribution < 1.29 is 14.3 Å². The molecule has 0 unspecified atom stereocenters. The third-order valence-electron chi connectivity index (χ3n) is 4.40. The van der Waals surface area contributed by atoms with Crippen LogP contribution in [0.3, 0.4) is 0 Å². The van der Waals surface area contributed by atoms with Crippen molar-refractivity contribution in [1.29, 1.82) is 0 Å². The monoisotopic (exact) mass is 411 g/mol. The first-order chi connectivity index (χ1) is 13.5. The Hall–Kier alpha value is -2.84. The number of hydrogen-bond donors (Lipinski definition) is 0. The fourth-order valence-electron chi connectivity index (χ4n) is 3.08. The second-order valence-corrected chi connectivity index (χ2v) is 8.29. The Morgan fingerprint density at radius 2 is 2.04 bits per heavy atom. The van der Waals surface area contributed by atoms with Crippen LogP contribution in [-0.2, 0) is 16.1 Å². The van der Waals surface area contributed by atoms with E-state index in [0.717, 1.165) is 31.6 Å². The number of thiazole rings is 2. The van der Waals surface area contributed by atoms with E-state index in [1.54, 1.807) is 22.2 Å². The SMILES string of the molecule is COC(=O)Cn1c(=NC(=O)c2ccc3ncsc3c2)sc2c(C)cc(C)cc21. The fraction of sp³-hybridized carbons (Fsp3) is 0.200. The predicted molar refractivity (Wildman–Crippen MR) is 111 cm³/mol. The van der Waals surface area contributed by atoms with Crippen LogP contribution in [0.25, 0.3) is 20.4 Å². The van der Waals surface area contributed by atoms with E-state index in [2.05, 4.69) is 16.0 Å². The number of carbonyl (C=O) groups is 2. The minimum Gasteiger partial charge on any atom is -0.468 e. The lowest BCUT2D eigenvalue weighted by Crippen LogP contribution is -2.22. The smallest absolute Gasteiger partial charge is 0.325 e. The average Bonchev–Trinajstić information content (AvgIpc) is 3.26. The van der Waals surface area contributed by atoms with Gasteiger partial charge < -0.3 is 9.30 Å². The van der Waals surface area contributed by atoms with Crippen LogP contribution >= 0.6 is 22.7 Å². The molecule has 2 heterocycles. The average molecular weight is 412 g/mol. The first-order valence-electron chi connectivity index (χ1n) is 8.56. The van der Waals surface area contributed by atoms with Crippen molar-refractivity contribution in [2.24, 2.45) is 4.99 Å². The number of carbonyl (C=O) groups excluding carboxylic acids is 2. The maximum atomic E-state index is 12.8. The summed E-state index contributed by atoms with van der Waals surface area (Å²) in [5.41, 5.74) is 6.13. The first kappa shape index (κ1) is 18.5. The Balaban J connectivity index is 1.88. The normalized spacial score (nSPS) is 12.0. The summed E-state index contributed by atoms with van der Waals surface area (Å²) in [7, 11) is 1.35. The summed E-state index contributed by atoms with van der Waals surface area (Å²) >= 11 is 2.88. The lowest BCUT2D eigenvalue weighted by molar-refractivity contribution is -0.141. The molecule has 2 aromatic carbocycles. The Morgan fingerprint density at radius 1 is 1.21 bits per heavy atom. The number of aromatic nitrogens is 2. The van der Waals surface area contributed by atoms with Gasteiger partial charge in [-0.1, -0.05) is 17.4 Å². The Morgan fingerprint density at radius 3 is 2.82 bits per heavy atom. The quantitative estimate of drug-likeness (QED) is 0.480. The van der Waals surface area contributed by atoms with Gasteiger partial charge in [0.15, 0.2) is 4.80 Å². The molecule has 0 aliphatic rings. The largest absolute Gasteiger partial charge is 0.468 e. The number of hydrogen-bond acceptors (Lipinski definition) is 6. The highest BCUT2D eigenvalue weighted by atomic mass is 32.1. The van der Waals surface area contributed by atoms with E-state index in [-0.39, 0.29) is 18.4 Å².